The molecule has 0 fully saturated rings. The molecule has 0 atom stereocenters. The van der Waals surface area contributed by atoms with Gasteiger partial charge in [0.15, 0.2) is 0 Å². The first kappa shape index (κ1) is 12.4. The van der Waals surface area contributed by atoms with E-state index in [4.69, 9.17) is 17.3 Å². The highest BCUT2D eigenvalue weighted by Crippen LogP contribution is 2.29. The number of benzene rings is 1. The van der Waals surface area contributed by atoms with E-state index in [1.54, 1.807) is 17.8 Å². The Morgan fingerprint density at radius 2 is 2.06 bits per heavy atom. The van der Waals surface area contributed by atoms with Crippen molar-refractivity contribution >= 4 is 23.6 Å². The fourth-order valence-corrected chi connectivity index (χ4v) is 1.83. The summed E-state index contributed by atoms with van der Waals surface area (Å²) in [5.74, 6) is -0.520. The summed E-state index contributed by atoms with van der Waals surface area (Å²) >= 11 is 6.14. The van der Waals surface area contributed by atoms with Crippen LogP contribution in [0.15, 0.2) is 36.4 Å². The molecule has 2 aromatic rings. The van der Waals surface area contributed by atoms with Crippen LogP contribution in [0.25, 0.3) is 17.3 Å². The lowest BCUT2D eigenvalue weighted by molar-refractivity contribution is -0.113. The van der Waals surface area contributed by atoms with E-state index in [9.17, 15) is 4.79 Å². The summed E-state index contributed by atoms with van der Waals surface area (Å²) in [6.45, 7) is 0. The Morgan fingerprint density at radius 1 is 1.39 bits per heavy atom. The Balaban J connectivity index is 2.55. The quantitative estimate of drug-likeness (QED) is 0.862. The Labute approximate surface area is 110 Å². The van der Waals surface area contributed by atoms with Gasteiger partial charge in [-0.3, -0.25) is 9.48 Å². The van der Waals surface area contributed by atoms with E-state index in [1.807, 2.05) is 30.3 Å². The number of primary amides is 1. The summed E-state index contributed by atoms with van der Waals surface area (Å²) in [5.41, 5.74) is 7.43. The number of amides is 1. The average Bonchev–Trinajstić information content (AvgIpc) is 2.64. The molecule has 5 heteroatoms. The molecule has 1 aromatic heterocycles. The average molecular weight is 262 g/mol. The lowest BCUT2D eigenvalue weighted by Crippen LogP contribution is -2.05. The number of aromatic nitrogens is 2. The zero-order valence-corrected chi connectivity index (χ0v) is 10.6. The van der Waals surface area contributed by atoms with Gasteiger partial charge in [-0.15, -0.1) is 0 Å². The van der Waals surface area contributed by atoms with E-state index >= 15 is 0 Å². The largest absolute Gasteiger partial charge is 0.366 e. The van der Waals surface area contributed by atoms with Crippen LogP contribution in [0.2, 0.25) is 5.15 Å². The topological polar surface area (TPSA) is 60.9 Å². The fraction of sp³-hybridized carbons (Fsp3) is 0.0769. The zero-order valence-electron chi connectivity index (χ0n) is 9.80. The number of rotatable bonds is 3. The van der Waals surface area contributed by atoms with E-state index in [2.05, 4.69) is 5.10 Å². The highest BCUT2D eigenvalue weighted by atomic mass is 35.5. The van der Waals surface area contributed by atoms with Crippen LogP contribution >= 0.6 is 11.6 Å². The molecule has 0 aliphatic heterocycles. The van der Waals surface area contributed by atoms with Crippen LogP contribution in [0.4, 0.5) is 0 Å². The van der Waals surface area contributed by atoms with Gasteiger partial charge in [0.1, 0.15) is 10.8 Å². The molecule has 0 spiro atoms. The van der Waals surface area contributed by atoms with Gasteiger partial charge in [0.05, 0.1) is 0 Å². The molecule has 0 bridgehead atoms. The van der Waals surface area contributed by atoms with Crippen molar-refractivity contribution in [2.75, 3.05) is 0 Å². The van der Waals surface area contributed by atoms with Crippen molar-refractivity contribution in [1.82, 2.24) is 9.78 Å². The second kappa shape index (κ2) is 5.06. The second-order valence-corrected chi connectivity index (χ2v) is 4.14. The summed E-state index contributed by atoms with van der Waals surface area (Å²) in [6, 6.07) is 9.62. The smallest absolute Gasteiger partial charge is 0.241 e. The Kier molecular flexibility index (Phi) is 3.48. The third kappa shape index (κ3) is 2.43. The maximum Gasteiger partial charge on any atom is 0.241 e. The molecule has 2 N–H and O–H groups in total. The highest BCUT2D eigenvalue weighted by molar-refractivity contribution is 6.31. The van der Waals surface area contributed by atoms with E-state index in [1.165, 1.54) is 6.08 Å². The molecule has 92 valence electrons. The van der Waals surface area contributed by atoms with Crippen molar-refractivity contribution in [2.45, 2.75) is 0 Å². The lowest BCUT2D eigenvalue weighted by atomic mass is 10.1. The summed E-state index contributed by atoms with van der Waals surface area (Å²) in [6.07, 6.45) is 2.86. The fourth-order valence-electron chi connectivity index (χ4n) is 1.64. The van der Waals surface area contributed by atoms with Gasteiger partial charge in [-0.25, -0.2) is 0 Å². The van der Waals surface area contributed by atoms with Gasteiger partial charge in [0, 0.05) is 24.3 Å². The normalized spacial score (nSPS) is 11.0. The van der Waals surface area contributed by atoms with Crippen molar-refractivity contribution in [3.05, 3.63) is 47.1 Å². The molecule has 0 aliphatic rings. The molecule has 4 nitrogen and oxygen atoms in total. The molecule has 0 saturated carbocycles. The first-order valence-electron chi connectivity index (χ1n) is 5.35. The number of hydrogen-bond acceptors (Lipinski definition) is 2. The summed E-state index contributed by atoms with van der Waals surface area (Å²) in [4.78, 5) is 10.8. The predicted octanol–water partition coefficient (Wildman–Crippen LogP) is 2.24. The van der Waals surface area contributed by atoms with Crippen molar-refractivity contribution < 1.29 is 4.79 Å². The summed E-state index contributed by atoms with van der Waals surface area (Å²) in [5, 5.41) is 4.80. The molecule has 0 radical (unpaired) electrons. The van der Waals surface area contributed by atoms with E-state index < -0.39 is 5.91 Å². The van der Waals surface area contributed by atoms with Crippen molar-refractivity contribution in [3.8, 4) is 11.3 Å². The Bertz CT molecular complexity index is 602. The predicted molar refractivity (Wildman–Crippen MR) is 71.9 cm³/mol. The van der Waals surface area contributed by atoms with Crippen molar-refractivity contribution in [1.29, 1.82) is 0 Å². The van der Waals surface area contributed by atoms with Gasteiger partial charge >= 0.3 is 0 Å². The second-order valence-electron chi connectivity index (χ2n) is 3.78. The van der Waals surface area contributed by atoms with Gasteiger partial charge in [-0.1, -0.05) is 41.9 Å². The molecule has 1 amide bonds. The van der Waals surface area contributed by atoms with Crippen LogP contribution in [0.3, 0.4) is 0 Å². The lowest BCUT2D eigenvalue weighted by Gasteiger charge is -1.97. The van der Waals surface area contributed by atoms with Gasteiger partial charge in [-0.2, -0.15) is 5.10 Å². The maximum absolute atomic E-state index is 10.8. The van der Waals surface area contributed by atoms with Crippen LogP contribution in [-0.4, -0.2) is 15.7 Å². The van der Waals surface area contributed by atoms with Gasteiger partial charge in [0.2, 0.25) is 5.91 Å². The summed E-state index contributed by atoms with van der Waals surface area (Å²) < 4.78 is 1.56. The number of nitrogens with zero attached hydrogens (tertiary/aromatic N) is 2. The minimum Gasteiger partial charge on any atom is -0.366 e. The first-order chi connectivity index (χ1) is 8.59. The van der Waals surface area contributed by atoms with E-state index in [-0.39, 0.29) is 0 Å². The number of carbonyl (C=O) groups excluding carboxylic acids is 1. The van der Waals surface area contributed by atoms with Crippen LogP contribution in [0, 0.1) is 0 Å². The Morgan fingerprint density at radius 3 is 2.67 bits per heavy atom. The number of nitrogens with two attached hydrogens (primary N) is 1. The first-order valence-corrected chi connectivity index (χ1v) is 5.73. The summed E-state index contributed by atoms with van der Waals surface area (Å²) in [7, 11) is 1.75. The Hall–Kier alpha value is -2.07. The molecule has 2 rings (SSSR count). The zero-order chi connectivity index (χ0) is 13.1. The standard InChI is InChI=1S/C13H12ClN3O/c1-17-13(14)10(7-8-11(15)18)12(16-17)9-5-3-2-4-6-9/h2-8H,1H3,(H2,15,18)/b8-7+. The number of halogens is 1. The van der Waals surface area contributed by atoms with Crippen molar-refractivity contribution in [3.63, 3.8) is 0 Å². The van der Waals surface area contributed by atoms with Crippen LogP contribution in [0.1, 0.15) is 5.56 Å². The van der Waals surface area contributed by atoms with Gasteiger partial charge in [0.25, 0.3) is 0 Å². The van der Waals surface area contributed by atoms with Gasteiger partial charge < -0.3 is 5.73 Å². The van der Waals surface area contributed by atoms with E-state index in [0.29, 0.717) is 10.7 Å². The third-order valence-corrected chi connectivity index (χ3v) is 2.92. The van der Waals surface area contributed by atoms with Crippen molar-refractivity contribution in [2.24, 2.45) is 12.8 Å². The van der Waals surface area contributed by atoms with Crippen LogP contribution in [0.5, 0.6) is 0 Å². The SMILES string of the molecule is Cn1nc(-c2ccccc2)c(/C=C/C(N)=O)c1Cl. The number of carbonyl (C=O) groups is 1. The minimum absolute atomic E-state index is 0.464. The molecule has 18 heavy (non-hydrogen) atoms. The monoisotopic (exact) mass is 261 g/mol. The maximum atomic E-state index is 10.8. The van der Waals surface area contributed by atoms with Crippen LogP contribution in [-0.2, 0) is 11.8 Å². The molecule has 1 heterocycles. The molecule has 0 aliphatic carbocycles. The number of hydrogen-bond donors (Lipinski definition) is 1. The molecular formula is C13H12ClN3O. The molecule has 1 aromatic carbocycles. The van der Waals surface area contributed by atoms with Gasteiger partial charge in [-0.05, 0) is 6.08 Å². The third-order valence-electron chi connectivity index (χ3n) is 2.47. The minimum atomic E-state index is -0.520. The molecular weight excluding hydrogens is 250 g/mol. The number of aryl methyl sites for hydroxylation is 1. The molecule has 0 unspecified atom stereocenters. The van der Waals surface area contributed by atoms with E-state index in [0.717, 1.165) is 11.3 Å². The molecule has 0 saturated heterocycles. The highest BCUT2D eigenvalue weighted by Gasteiger charge is 2.13. The van der Waals surface area contributed by atoms with Crippen LogP contribution < -0.4 is 5.73 Å².